The first-order valence-electron chi connectivity index (χ1n) is 9.30. The SMILES string of the molecule is O=C(CN(CC1CC1F)C(=O)c1ccc(C2CC2)cc1)Nc1ncc(F)cn1. The Morgan fingerprint density at radius 3 is 2.36 bits per heavy atom. The Bertz CT molecular complexity index is 869. The topological polar surface area (TPSA) is 75.2 Å². The number of carbonyl (C=O) groups is 2. The number of anilines is 1. The zero-order valence-corrected chi connectivity index (χ0v) is 15.1. The van der Waals surface area contributed by atoms with Gasteiger partial charge in [-0.25, -0.2) is 18.7 Å². The van der Waals surface area contributed by atoms with Crippen LogP contribution in [0, 0.1) is 11.7 Å². The Hall–Kier alpha value is -2.90. The van der Waals surface area contributed by atoms with Gasteiger partial charge in [-0.1, -0.05) is 12.1 Å². The summed E-state index contributed by atoms with van der Waals surface area (Å²) in [5.74, 6) is -1.18. The van der Waals surface area contributed by atoms with Gasteiger partial charge in [-0.3, -0.25) is 14.9 Å². The maximum atomic E-state index is 13.4. The van der Waals surface area contributed by atoms with E-state index in [-0.39, 0.29) is 30.9 Å². The molecule has 2 amide bonds. The maximum absolute atomic E-state index is 13.4. The van der Waals surface area contributed by atoms with Crippen LogP contribution < -0.4 is 5.32 Å². The van der Waals surface area contributed by atoms with Crippen molar-refractivity contribution in [2.45, 2.75) is 31.4 Å². The van der Waals surface area contributed by atoms with E-state index in [1.807, 2.05) is 12.1 Å². The van der Waals surface area contributed by atoms with Gasteiger partial charge in [0, 0.05) is 18.0 Å². The van der Waals surface area contributed by atoms with Crippen LogP contribution in [0.25, 0.3) is 0 Å². The van der Waals surface area contributed by atoms with Crippen molar-refractivity contribution in [3.8, 4) is 0 Å². The van der Waals surface area contributed by atoms with E-state index in [2.05, 4.69) is 15.3 Å². The van der Waals surface area contributed by atoms with E-state index in [0.717, 1.165) is 12.4 Å². The number of halogens is 2. The molecule has 6 nitrogen and oxygen atoms in total. The number of nitrogens with zero attached hydrogens (tertiary/aromatic N) is 3. The van der Waals surface area contributed by atoms with Gasteiger partial charge in [0.25, 0.3) is 5.91 Å². The number of benzene rings is 1. The van der Waals surface area contributed by atoms with Gasteiger partial charge in [0.05, 0.1) is 12.4 Å². The first kappa shape index (κ1) is 18.5. The Balaban J connectivity index is 1.43. The highest BCUT2D eigenvalue weighted by molar-refractivity contribution is 5.98. The lowest BCUT2D eigenvalue weighted by Gasteiger charge is -2.22. The molecule has 2 aliphatic rings. The van der Waals surface area contributed by atoms with Crippen molar-refractivity contribution in [3.05, 3.63) is 53.6 Å². The average molecular weight is 386 g/mol. The largest absolute Gasteiger partial charge is 0.329 e. The van der Waals surface area contributed by atoms with Gasteiger partial charge in [0.2, 0.25) is 11.9 Å². The van der Waals surface area contributed by atoms with E-state index in [9.17, 15) is 18.4 Å². The molecule has 4 rings (SSSR count). The minimum absolute atomic E-state index is 0.0534. The smallest absolute Gasteiger partial charge is 0.254 e. The van der Waals surface area contributed by atoms with Crippen molar-refractivity contribution < 1.29 is 18.4 Å². The molecule has 0 spiro atoms. The molecule has 2 aliphatic carbocycles. The predicted octanol–water partition coefficient (Wildman–Crippen LogP) is 2.93. The standard InChI is InChI=1S/C20H20F2N4O2/c21-16-8-23-20(24-9-16)25-18(27)11-26(10-15-7-17(15)22)19(28)14-5-3-13(4-6-14)12-1-2-12/h3-6,8-9,12,15,17H,1-2,7,10-11H2,(H,23,24,25,27). The minimum Gasteiger partial charge on any atom is -0.329 e. The Kier molecular flexibility index (Phi) is 5.02. The van der Waals surface area contributed by atoms with E-state index in [1.165, 1.54) is 23.3 Å². The molecule has 1 aromatic carbocycles. The number of carbonyl (C=O) groups excluding carboxylic acids is 2. The van der Waals surface area contributed by atoms with Crippen LogP contribution in [-0.2, 0) is 4.79 Å². The van der Waals surface area contributed by atoms with Crippen molar-refractivity contribution in [1.82, 2.24) is 14.9 Å². The normalized spacial score (nSPS) is 20.5. The molecule has 2 atom stereocenters. The third kappa shape index (κ3) is 4.49. The summed E-state index contributed by atoms with van der Waals surface area (Å²) in [6.45, 7) is -0.0881. The fraction of sp³-hybridized carbons (Fsp3) is 0.400. The monoisotopic (exact) mass is 386 g/mol. The highest BCUT2D eigenvalue weighted by Gasteiger charge is 2.40. The quantitative estimate of drug-likeness (QED) is 0.794. The fourth-order valence-corrected chi connectivity index (χ4v) is 3.11. The van der Waals surface area contributed by atoms with Gasteiger partial charge < -0.3 is 4.90 Å². The number of hydrogen-bond acceptors (Lipinski definition) is 4. The van der Waals surface area contributed by atoms with E-state index in [0.29, 0.717) is 17.9 Å². The summed E-state index contributed by atoms with van der Waals surface area (Å²) >= 11 is 0. The first-order valence-corrected chi connectivity index (χ1v) is 9.30. The molecule has 146 valence electrons. The van der Waals surface area contributed by atoms with Crippen LogP contribution in [-0.4, -0.2) is 45.9 Å². The zero-order valence-electron chi connectivity index (χ0n) is 15.1. The Labute approximate surface area is 161 Å². The van der Waals surface area contributed by atoms with Gasteiger partial charge in [-0.2, -0.15) is 0 Å². The lowest BCUT2D eigenvalue weighted by molar-refractivity contribution is -0.117. The number of hydrogen-bond donors (Lipinski definition) is 1. The highest BCUT2D eigenvalue weighted by Crippen LogP contribution is 2.40. The summed E-state index contributed by atoms with van der Waals surface area (Å²) in [7, 11) is 0. The van der Waals surface area contributed by atoms with Gasteiger partial charge in [0.1, 0.15) is 12.7 Å². The average Bonchev–Trinajstić information content (AvgIpc) is 3.61. The van der Waals surface area contributed by atoms with Crippen molar-refractivity contribution in [2.75, 3.05) is 18.4 Å². The second-order valence-electron chi connectivity index (χ2n) is 7.37. The number of alkyl halides is 1. The van der Waals surface area contributed by atoms with E-state index in [1.54, 1.807) is 12.1 Å². The van der Waals surface area contributed by atoms with Crippen LogP contribution in [0.1, 0.15) is 41.1 Å². The van der Waals surface area contributed by atoms with Gasteiger partial charge >= 0.3 is 0 Å². The molecule has 2 fully saturated rings. The van der Waals surface area contributed by atoms with Crippen LogP contribution in [0.5, 0.6) is 0 Å². The molecular weight excluding hydrogens is 366 g/mol. The van der Waals surface area contributed by atoms with Crippen molar-refractivity contribution in [2.24, 2.45) is 5.92 Å². The third-order valence-electron chi connectivity index (χ3n) is 4.99. The molecule has 1 N–H and O–H groups in total. The van der Waals surface area contributed by atoms with Gasteiger partial charge in [0.15, 0.2) is 5.82 Å². The lowest BCUT2D eigenvalue weighted by Crippen LogP contribution is -2.39. The van der Waals surface area contributed by atoms with Gasteiger partial charge in [-0.05, 0) is 42.9 Å². The molecule has 2 aromatic rings. The van der Waals surface area contributed by atoms with Gasteiger partial charge in [-0.15, -0.1) is 0 Å². The summed E-state index contributed by atoms with van der Waals surface area (Å²) in [4.78, 5) is 33.9. The third-order valence-corrected chi connectivity index (χ3v) is 4.99. The first-order chi connectivity index (χ1) is 13.5. The fourth-order valence-electron chi connectivity index (χ4n) is 3.11. The van der Waals surface area contributed by atoms with E-state index in [4.69, 9.17) is 0 Å². The second-order valence-corrected chi connectivity index (χ2v) is 7.37. The number of aromatic nitrogens is 2. The van der Waals surface area contributed by atoms with Crippen molar-refractivity contribution >= 4 is 17.8 Å². The number of amides is 2. The van der Waals surface area contributed by atoms with Crippen LogP contribution in [0.2, 0.25) is 0 Å². The Morgan fingerprint density at radius 1 is 1.14 bits per heavy atom. The lowest BCUT2D eigenvalue weighted by atomic mass is 10.1. The number of nitrogens with one attached hydrogen (secondary N) is 1. The molecule has 2 unspecified atom stereocenters. The predicted molar refractivity (Wildman–Crippen MR) is 97.9 cm³/mol. The number of rotatable bonds is 7. The summed E-state index contributed by atoms with van der Waals surface area (Å²) in [6, 6.07) is 7.38. The molecule has 0 saturated heterocycles. The minimum atomic E-state index is -0.934. The summed E-state index contributed by atoms with van der Waals surface area (Å²) in [6.07, 6.45) is 3.67. The summed E-state index contributed by atoms with van der Waals surface area (Å²) in [5.41, 5.74) is 1.67. The van der Waals surface area contributed by atoms with Crippen molar-refractivity contribution in [3.63, 3.8) is 0 Å². The van der Waals surface area contributed by atoms with Crippen molar-refractivity contribution in [1.29, 1.82) is 0 Å². The van der Waals surface area contributed by atoms with Crippen LogP contribution in [0.3, 0.4) is 0 Å². The molecule has 1 heterocycles. The van der Waals surface area contributed by atoms with E-state index < -0.39 is 17.9 Å². The molecule has 8 heteroatoms. The maximum Gasteiger partial charge on any atom is 0.254 e. The van der Waals surface area contributed by atoms with Crippen LogP contribution in [0.15, 0.2) is 36.7 Å². The molecule has 1 aromatic heterocycles. The van der Waals surface area contributed by atoms with Crippen LogP contribution in [0.4, 0.5) is 14.7 Å². The molecule has 0 radical (unpaired) electrons. The Morgan fingerprint density at radius 2 is 1.79 bits per heavy atom. The summed E-state index contributed by atoms with van der Waals surface area (Å²) < 4.78 is 26.2. The molecule has 2 saturated carbocycles. The zero-order chi connectivity index (χ0) is 19.7. The summed E-state index contributed by atoms with van der Waals surface area (Å²) in [5, 5.41) is 2.43. The highest BCUT2D eigenvalue weighted by atomic mass is 19.1. The molecular formula is C20H20F2N4O2. The second kappa shape index (κ2) is 7.61. The molecule has 0 bridgehead atoms. The molecule has 28 heavy (non-hydrogen) atoms. The van der Waals surface area contributed by atoms with E-state index >= 15 is 0 Å². The van der Waals surface area contributed by atoms with Crippen LogP contribution >= 0.6 is 0 Å². The molecule has 0 aliphatic heterocycles.